The first kappa shape index (κ1) is 10.4. The first-order valence-electron chi connectivity index (χ1n) is 6.01. The molecule has 88 valence electrons. The summed E-state index contributed by atoms with van der Waals surface area (Å²) in [6.45, 7) is 0. The van der Waals surface area contributed by atoms with Crippen LogP contribution in [0.15, 0.2) is 24.4 Å². The van der Waals surface area contributed by atoms with Crippen LogP contribution < -0.4 is 0 Å². The largest absolute Gasteiger partial charge is 0.465 e. The van der Waals surface area contributed by atoms with Crippen molar-refractivity contribution >= 4 is 11.5 Å². The minimum absolute atomic E-state index is 0.272. The molecule has 0 aliphatic heterocycles. The summed E-state index contributed by atoms with van der Waals surface area (Å²) in [7, 11) is 1.41. The van der Waals surface area contributed by atoms with Crippen molar-refractivity contribution in [1.29, 1.82) is 0 Å². The number of nitrogens with zero attached hydrogens (tertiary/aromatic N) is 1. The predicted molar refractivity (Wildman–Crippen MR) is 65.4 cm³/mol. The van der Waals surface area contributed by atoms with Crippen molar-refractivity contribution in [2.75, 3.05) is 7.11 Å². The van der Waals surface area contributed by atoms with Crippen molar-refractivity contribution in [2.24, 2.45) is 0 Å². The molecular formula is C14H15NO2. The third-order valence-corrected chi connectivity index (χ3v) is 3.50. The molecule has 0 amide bonds. The number of aromatic nitrogens is 1. The number of pyridine rings is 1. The number of hydrogen-bond donors (Lipinski definition) is 0. The topological polar surface area (TPSA) is 30.7 Å². The van der Waals surface area contributed by atoms with Crippen LogP contribution in [0.5, 0.6) is 0 Å². The Bertz CT molecular complexity index is 583. The number of fused-ring (bicyclic) bond motifs is 3. The van der Waals surface area contributed by atoms with Crippen LogP contribution in [0.2, 0.25) is 0 Å². The number of esters is 1. The van der Waals surface area contributed by atoms with Gasteiger partial charge in [-0.2, -0.15) is 0 Å². The molecule has 0 unspecified atom stereocenters. The van der Waals surface area contributed by atoms with E-state index in [0.29, 0.717) is 5.56 Å². The summed E-state index contributed by atoms with van der Waals surface area (Å²) >= 11 is 0. The SMILES string of the molecule is COC(=O)c1ccn2c3c(cc2c1)CCCC3. The van der Waals surface area contributed by atoms with E-state index in [0.717, 1.165) is 18.4 Å². The zero-order valence-corrected chi connectivity index (χ0v) is 9.90. The Morgan fingerprint density at radius 1 is 1.29 bits per heavy atom. The second-order valence-corrected chi connectivity index (χ2v) is 4.53. The van der Waals surface area contributed by atoms with Gasteiger partial charge >= 0.3 is 5.97 Å². The van der Waals surface area contributed by atoms with Gasteiger partial charge in [-0.3, -0.25) is 0 Å². The van der Waals surface area contributed by atoms with E-state index in [1.165, 1.54) is 31.2 Å². The Hall–Kier alpha value is -1.77. The number of carbonyl (C=O) groups excluding carboxylic acids is 1. The summed E-state index contributed by atoms with van der Waals surface area (Å²) in [5, 5.41) is 0. The number of rotatable bonds is 1. The Morgan fingerprint density at radius 2 is 2.12 bits per heavy atom. The molecule has 3 rings (SSSR count). The fourth-order valence-electron chi connectivity index (χ4n) is 2.64. The van der Waals surface area contributed by atoms with Crippen LogP contribution in [0.4, 0.5) is 0 Å². The molecule has 0 bridgehead atoms. The summed E-state index contributed by atoms with van der Waals surface area (Å²) in [5.41, 5.74) is 4.55. The van der Waals surface area contributed by atoms with Gasteiger partial charge in [-0.05, 0) is 49.4 Å². The fourth-order valence-corrected chi connectivity index (χ4v) is 2.64. The van der Waals surface area contributed by atoms with E-state index in [4.69, 9.17) is 4.74 Å². The summed E-state index contributed by atoms with van der Waals surface area (Å²) < 4.78 is 6.93. The molecule has 2 aromatic heterocycles. The van der Waals surface area contributed by atoms with Crippen LogP contribution in [0.1, 0.15) is 34.5 Å². The highest BCUT2D eigenvalue weighted by molar-refractivity contribution is 5.90. The fraction of sp³-hybridized carbons (Fsp3) is 0.357. The second kappa shape index (κ2) is 3.91. The van der Waals surface area contributed by atoms with Crippen molar-refractivity contribution in [1.82, 2.24) is 4.40 Å². The monoisotopic (exact) mass is 229 g/mol. The molecule has 3 heteroatoms. The molecule has 2 aromatic rings. The highest BCUT2D eigenvalue weighted by Crippen LogP contribution is 2.25. The van der Waals surface area contributed by atoms with Gasteiger partial charge in [-0.1, -0.05) is 0 Å². The van der Waals surface area contributed by atoms with Gasteiger partial charge in [0.2, 0.25) is 0 Å². The molecule has 1 aliphatic rings. The van der Waals surface area contributed by atoms with Gasteiger partial charge in [0.25, 0.3) is 0 Å². The highest BCUT2D eigenvalue weighted by Gasteiger charge is 2.15. The molecule has 1 aliphatic carbocycles. The lowest BCUT2D eigenvalue weighted by molar-refractivity contribution is 0.0600. The molecule has 0 N–H and O–H groups in total. The minimum Gasteiger partial charge on any atom is -0.465 e. The maximum atomic E-state index is 11.5. The van der Waals surface area contributed by atoms with E-state index < -0.39 is 0 Å². The maximum absolute atomic E-state index is 11.5. The summed E-state index contributed by atoms with van der Waals surface area (Å²) in [6, 6.07) is 5.93. The van der Waals surface area contributed by atoms with Crippen molar-refractivity contribution in [3.8, 4) is 0 Å². The lowest BCUT2D eigenvalue weighted by Gasteiger charge is -2.11. The molecule has 0 aromatic carbocycles. The van der Waals surface area contributed by atoms with Gasteiger partial charge < -0.3 is 9.14 Å². The maximum Gasteiger partial charge on any atom is 0.337 e. The Kier molecular flexibility index (Phi) is 2.39. The van der Waals surface area contributed by atoms with Crippen molar-refractivity contribution in [2.45, 2.75) is 25.7 Å². The number of carbonyl (C=O) groups is 1. The minimum atomic E-state index is -0.272. The standard InChI is InChI=1S/C14H15NO2/c1-17-14(16)11-6-7-15-12(9-11)8-10-4-2-3-5-13(10)15/h6-9H,2-5H2,1H3. The van der Waals surface area contributed by atoms with Crippen LogP contribution in [-0.2, 0) is 17.6 Å². The number of ether oxygens (including phenoxy) is 1. The van der Waals surface area contributed by atoms with Gasteiger partial charge in [-0.25, -0.2) is 4.79 Å². The summed E-state index contributed by atoms with van der Waals surface area (Å²) in [4.78, 5) is 11.5. The number of hydrogen-bond acceptors (Lipinski definition) is 2. The van der Waals surface area contributed by atoms with E-state index in [1.807, 2.05) is 18.3 Å². The average molecular weight is 229 g/mol. The zero-order valence-electron chi connectivity index (χ0n) is 9.90. The molecule has 0 atom stereocenters. The molecule has 0 radical (unpaired) electrons. The molecule has 17 heavy (non-hydrogen) atoms. The Balaban J connectivity index is 2.14. The predicted octanol–water partition coefficient (Wildman–Crippen LogP) is 2.60. The second-order valence-electron chi connectivity index (χ2n) is 4.53. The highest BCUT2D eigenvalue weighted by atomic mass is 16.5. The summed E-state index contributed by atoms with van der Waals surface area (Å²) in [5.74, 6) is -0.272. The molecular weight excluding hydrogens is 214 g/mol. The van der Waals surface area contributed by atoms with Crippen LogP contribution in [-0.4, -0.2) is 17.5 Å². The Labute approximate surface area is 100 Å². The van der Waals surface area contributed by atoms with Gasteiger partial charge in [0.1, 0.15) is 0 Å². The van der Waals surface area contributed by atoms with Crippen LogP contribution in [0.3, 0.4) is 0 Å². The van der Waals surface area contributed by atoms with E-state index >= 15 is 0 Å². The van der Waals surface area contributed by atoms with Crippen LogP contribution in [0.25, 0.3) is 5.52 Å². The Morgan fingerprint density at radius 3 is 2.94 bits per heavy atom. The van der Waals surface area contributed by atoms with Crippen molar-refractivity contribution < 1.29 is 9.53 Å². The molecule has 0 saturated carbocycles. The van der Waals surface area contributed by atoms with E-state index in [9.17, 15) is 4.79 Å². The van der Waals surface area contributed by atoms with E-state index in [-0.39, 0.29) is 5.97 Å². The average Bonchev–Trinajstić information content (AvgIpc) is 2.75. The first-order chi connectivity index (χ1) is 8.29. The van der Waals surface area contributed by atoms with Crippen LogP contribution >= 0.6 is 0 Å². The molecule has 0 fully saturated rings. The van der Waals surface area contributed by atoms with Gasteiger partial charge in [0.15, 0.2) is 0 Å². The quantitative estimate of drug-likeness (QED) is 0.704. The van der Waals surface area contributed by atoms with E-state index in [2.05, 4.69) is 10.5 Å². The normalized spacial score (nSPS) is 14.6. The first-order valence-corrected chi connectivity index (χ1v) is 6.01. The molecule has 2 heterocycles. The summed E-state index contributed by atoms with van der Waals surface area (Å²) in [6.07, 6.45) is 6.81. The van der Waals surface area contributed by atoms with Crippen LogP contribution in [0, 0.1) is 0 Å². The van der Waals surface area contributed by atoms with Gasteiger partial charge in [0, 0.05) is 17.4 Å². The van der Waals surface area contributed by atoms with Crippen molar-refractivity contribution in [3.05, 3.63) is 41.2 Å². The molecule has 0 saturated heterocycles. The number of aryl methyl sites for hydroxylation is 2. The van der Waals surface area contributed by atoms with E-state index in [1.54, 1.807) is 0 Å². The third-order valence-electron chi connectivity index (χ3n) is 3.50. The number of methoxy groups -OCH3 is 1. The smallest absolute Gasteiger partial charge is 0.337 e. The van der Waals surface area contributed by atoms with Gasteiger partial charge in [0.05, 0.1) is 12.7 Å². The lowest BCUT2D eigenvalue weighted by Crippen LogP contribution is -2.04. The zero-order chi connectivity index (χ0) is 11.8. The molecule has 0 spiro atoms. The van der Waals surface area contributed by atoms with Crippen molar-refractivity contribution in [3.63, 3.8) is 0 Å². The third kappa shape index (κ3) is 1.62. The lowest BCUT2D eigenvalue weighted by atomic mass is 9.98. The van der Waals surface area contributed by atoms with Gasteiger partial charge in [-0.15, -0.1) is 0 Å². The molecule has 3 nitrogen and oxygen atoms in total.